The summed E-state index contributed by atoms with van der Waals surface area (Å²) in [7, 11) is 4.25. The highest BCUT2D eigenvalue weighted by Gasteiger charge is 2.10. The molecule has 0 N–H and O–H groups in total. The molecular weight excluding hydrogens is 304 g/mol. The lowest BCUT2D eigenvalue weighted by Gasteiger charge is -2.10. The Balaban J connectivity index is -0.0000000776. The second-order valence-electron chi connectivity index (χ2n) is 5.28. The monoisotopic (exact) mass is 358 g/mol. The van der Waals surface area contributed by atoms with Crippen molar-refractivity contribution in [3.05, 3.63) is 24.6 Å². The predicted octanol–water partition coefficient (Wildman–Crippen LogP) is 7.68. The molecule has 0 saturated heterocycles. The first-order valence-electron chi connectivity index (χ1n) is 9.92. The lowest BCUT2D eigenvalue weighted by atomic mass is 10.1. The van der Waals surface area contributed by atoms with Crippen molar-refractivity contribution >= 4 is 0 Å². The van der Waals surface area contributed by atoms with Crippen molar-refractivity contribution < 1.29 is 0 Å². The first kappa shape index (κ1) is 35.2. The van der Waals surface area contributed by atoms with Gasteiger partial charge in [-0.3, -0.25) is 0 Å². The van der Waals surface area contributed by atoms with Crippen molar-refractivity contribution in [3.63, 3.8) is 0 Å². The maximum absolute atomic E-state index is 2.31. The van der Waals surface area contributed by atoms with Crippen molar-refractivity contribution in [2.45, 2.75) is 89.5 Å². The van der Waals surface area contributed by atoms with E-state index in [1.807, 2.05) is 41.5 Å². The van der Waals surface area contributed by atoms with Gasteiger partial charge < -0.3 is 9.80 Å². The van der Waals surface area contributed by atoms with E-state index in [-0.39, 0.29) is 14.9 Å². The standard InChI is InChI=1S/C8H15N.C7H13N.3C2H6.2CH4/c1-3-4-8-5-6-9(2)7-8;1-3-7-4-5-8(2)6-7;3*1-2;;/h5-6,8H,3-4,7H2,1-2H3;4-5,7H,3,6H2,1-2H3;3*1-2H3;2*1H4. The summed E-state index contributed by atoms with van der Waals surface area (Å²) in [5.74, 6) is 1.65. The zero-order chi connectivity index (χ0) is 18.7. The molecule has 0 aromatic heterocycles. The summed E-state index contributed by atoms with van der Waals surface area (Å²) >= 11 is 0. The van der Waals surface area contributed by atoms with E-state index in [0.717, 1.165) is 11.8 Å². The third kappa shape index (κ3) is 21.0. The molecule has 0 aromatic carbocycles. The fourth-order valence-electron chi connectivity index (χ4n) is 2.34. The molecule has 0 aromatic rings. The van der Waals surface area contributed by atoms with Crippen LogP contribution in [-0.4, -0.2) is 37.0 Å². The van der Waals surface area contributed by atoms with Gasteiger partial charge in [0, 0.05) is 27.2 Å². The molecule has 0 saturated carbocycles. The van der Waals surface area contributed by atoms with Gasteiger partial charge in [0.15, 0.2) is 0 Å². The van der Waals surface area contributed by atoms with Gasteiger partial charge in [0.1, 0.15) is 0 Å². The number of hydrogen-bond acceptors (Lipinski definition) is 2. The minimum Gasteiger partial charge on any atom is -0.380 e. The molecule has 2 atom stereocenters. The van der Waals surface area contributed by atoms with Crippen LogP contribution in [0.15, 0.2) is 24.6 Å². The summed E-state index contributed by atoms with van der Waals surface area (Å²) in [6.07, 6.45) is 12.9. The van der Waals surface area contributed by atoms with Crippen LogP contribution in [0.4, 0.5) is 0 Å². The molecule has 0 fully saturated rings. The first-order valence-corrected chi connectivity index (χ1v) is 9.92. The summed E-state index contributed by atoms with van der Waals surface area (Å²) in [4.78, 5) is 4.48. The van der Waals surface area contributed by atoms with Crippen LogP contribution < -0.4 is 0 Å². The smallest absolute Gasteiger partial charge is 0.0232 e. The molecule has 25 heavy (non-hydrogen) atoms. The number of hydrogen-bond donors (Lipinski definition) is 0. The fraction of sp³-hybridized carbons (Fsp3) is 0.826. The molecule has 0 spiro atoms. The van der Waals surface area contributed by atoms with E-state index in [0.29, 0.717) is 0 Å². The van der Waals surface area contributed by atoms with E-state index in [4.69, 9.17) is 0 Å². The van der Waals surface area contributed by atoms with Gasteiger partial charge in [-0.15, -0.1) is 0 Å². The minimum absolute atomic E-state index is 0. The Morgan fingerprint density at radius 1 is 0.720 bits per heavy atom. The number of nitrogens with zero attached hydrogens (tertiary/aromatic N) is 2. The van der Waals surface area contributed by atoms with Crippen LogP contribution >= 0.6 is 0 Å². The van der Waals surface area contributed by atoms with E-state index in [9.17, 15) is 0 Å². The minimum atomic E-state index is 0. The third-order valence-electron chi connectivity index (χ3n) is 3.45. The maximum Gasteiger partial charge on any atom is 0.0232 e. The van der Waals surface area contributed by atoms with Crippen molar-refractivity contribution in [2.24, 2.45) is 11.8 Å². The predicted molar refractivity (Wildman–Crippen MR) is 123 cm³/mol. The highest BCUT2D eigenvalue weighted by Crippen LogP contribution is 2.15. The van der Waals surface area contributed by atoms with Gasteiger partial charge in [-0.2, -0.15) is 0 Å². The van der Waals surface area contributed by atoms with Crippen LogP contribution in [-0.2, 0) is 0 Å². The van der Waals surface area contributed by atoms with Gasteiger partial charge in [0.25, 0.3) is 0 Å². The van der Waals surface area contributed by atoms with Gasteiger partial charge in [-0.25, -0.2) is 0 Å². The second kappa shape index (κ2) is 27.9. The SMILES string of the molecule is C.C.CC.CC.CC.CCC1C=CN(C)C1.CCCC1C=CN(C)C1. The molecule has 0 bridgehead atoms. The van der Waals surface area contributed by atoms with E-state index in [1.165, 1.54) is 32.4 Å². The molecular formula is C23H54N2. The molecule has 2 heteroatoms. The Morgan fingerprint density at radius 3 is 1.28 bits per heavy atom. The molecule has 2 nitrogen and oxygen atoms in total. The molecule has 0 amide bonds. The fourth-order valence-corrected chi connectivity index (χ4v) is 2.34. The van der Waals surface area contributed by atoms with Crippen molar-refractivity contribution in [3.8, 4) is 0 Å². The van der Waals surface area contributed by atoms with Gasteiger partial charge >= 0.3 is 0 Å². The summed E-state index contributed by atoms with van der Waals surface area (Å²) in [6.45, 7) is 18.9. The summed E-state index contributed by atoms with van der Waals surface area (Å²) in [5, 5.41) is 0. The first-order chi connectivity index (χ1) is 11.2. The van der Waals surface area contributed by atoms with E-state index < -0.39 is 0 Å². The Labute approximate surface area is 163 Å². The zero-order valence-electron chi connectivity index (χ0n) is 17.9. The van der Waals surface area contributed by atoms with Gasteiger partial charge in [0.2, 0.25) is 0 Å². The largest absolute Gasteiger partial charge is 0.380 e. The average Bonchev–Trinajstić information content (AvgIpc) is 3.22. The van der Waals surface area contributed by atoms with Crippen LogP contribution in [0.2, 0.25) is 0 Å². The highest BCUT2D eigenvalue weighted by atomic mass is 15.1. The topological polar surface area (TPSA) is 6.48 Å². The molecule has 2 heterocycles. The average molecular weight is 359 g/mol. The van der Waals surface area contributed by atoms with Crippen molar-refractivity contribution in [2.75, 3.05) is 27.2 Å². The van der Waals surface area contributed by atoms with Crippen LogP contribution in [0, 0.1) is 11.8 Å². The van der Waals surface area contributed by atoms with Crippen LogP contribution in [0.1, 0.15) is 89.5 Å². The van der Waals surface area contributed by atoms with Crippen molar-refractivity contribution in [1.29, 1.82) is 0 Å². The van der Waals surface area contributed by atoms with Crippen LogP contribution in [0.3, 0.4) is 0 Å². The van der Waals surface area contributed by atoms with E-state index in [1.54, 1.807) is 0 Å². The molecule has 0 aliphatic carbocycles. The van der Waals surface area contributed by atoms with Gasteiger partial charge in [0.05, 0.1) is 0 Å². The lowest BCUT2D eigenvalue weighted by molar-refractivity contribution is 0.421. The van der Waals surface area contributed by atoms with Gasteiger partial charge in [-0.1, -0.05) is 88.8 Å². The highest BCUT2D eigenvalue weighted by molar-refractivity contribution is 4.96. The van der Waals surface area contributed by atoms with Crippen molar-refractivity contribution in [1.82, 2.24) is 9.80 Å². The zero-order valence-corrected chi connectivity index (χ0v) is 17.9. The van der Waals surface area contributed by atoms with E-state index in [2.05, 4.69) is 62.3 Å². The lowest BCUT2D eigenvalue weighted by Crippen LogP contribution is -2.12. The summed E-state index contributed by atoms with van der Waals surface area (Å²) in [5.41, 5.74) is 0. The third-order valence-corrected chi connectivity index (χ3v) is 3.45. The quantitative estimate of drug-likeness (QED) is 0.510. The maximum atomic E-state index is 2.31. The van der Waals surface area contributed by atoms with Crippen LogP contribution in [0.25, 0.3) is 0 Å². The Morgan fingerprint density at radius 2 is 1.08 bits per heavy atom. The normalized spacial score (nSPS) is 18.6. The molecule has 0 radical (unpaired) electrons. The summed E-state index contributed by atoms with van der Waals surface area (Å²) in [6, 6.07) is 0. The summed E-state index contributed by atoms with van der Waals surface area (Å²) < 4.78 is 0. The number of rotatable bonds is 3. The molecule has 2 rings (SSSR count). The van der Waals surface area contributed by atoms with Crippen LogP contribution in [0.5, 0.6) is 0 Å². The Kier molecular flexibility index (Phi) is 39.3. The Hall–Kier alpha value is -0.920. The second-order valence-corrected chi connectivity index (χ2v) is 5.28. The molecule has 2 aliphatic heterocycles. The van der Waals surface area contributed by atoms with E-state index >= 15 is 0 Å². The Bertz CT molecular complexity index is 259. The molecule has 156 valence electrons. The molecule has 2 aliphatic rings. The van der Waals surface area contributed by atoms with Gasteiger partial charge in [-0.05, 0) is 37.1 Å². The molecule has 2 unspecified atom stereocenters.